The van der Waals surface area contributed by atoms with Gasteiger partial charge in [0.25, 0.3) is 0 Å². The summed E-state index contributed by atoms with van der Waals surface area (Å²) < 4.78 is 5.46. The van der Waals surface area contributed by atoms with Crippen molar-refractivity contribution in [1.29, 1.82) is 0 Å². The van der Waals surface area contributed by atoms with Crippen LogP contribution >= 0.6 is 23.8 Å². The minimum absolute atomic E-state index is 0.438. The average Bonchev–Trinajstić information content (AvgIpc) is 2.58. The van der Waals surface area contributed by atoms with Crippen LogP contribution in [-0.4, -0.2) is 48.4 Å². The molecule has 0 atom stereocenters. The van der Waals surface area contributed by atoms with Crippen LogP contribution in [0.5, 0.6) is 0 Å². The highest BCUT2D eigenvalue weighted by Gasteiger charge is 2.26. The second kappa shape index (κ2) is 8.29. The first kappa shape index (κ1) is 17.0. The van der Waals surface area contributed by atoms with E-state index in [2.05, 4.69) is 15.5 Å². The van der Waals surface area contributed by atoms with Gasteiger partial charge in [0.15, 0.2) is 5.11 Å². The first-order valence-corrected chi connectivity index (χ1v) is 9.15. The van der Waals surface area contributed by atoms with Crippen molar-refractivity contribution in [3.63, 3.8) is 0 Å². The van der Waals surface area contributed by atoms with E-state index in [-0.39, 0.29) is 0 Å². The summed E-state index contributed by atoms with van der Waals surface area (Å²) in [4.78, 5) is 2.62. The Kier molecular flexibility index (Phi) is 6.11. The lowest BCUT2D eigenvalue weighted by molar-refractivity contribution is 0.0247. The van der Waals surface area contributed by atoms with Crippen LogP contribution < -0.4 is 10.6 Å². The molecule has 0 radical (unpaired) electrons. The number of nitrogens with zero attached hydrogens (tertiary/aromatic N) is 1. The van der Waals surface area contributed by atoms with Crippen LogP contribution in [0.25, 0.3) is 0 Å². The highest BCUT2D eigenvalue weighted by Crippen LogP contribution is 2.22. The molecule has 0 aromatic heterocycles. The van der Waals surface area contributed by atoms with Crippen molar-refractivity contribution in [3.8, 4) is 0 Å². The van der Waals surface area contributed by atoms with Crippen LogP contribution in [0, 0.1) is 0 Å². The Morgan fingerprint density at radius 3 is 2.52 bits per heavy atom. The van der Waals surface area contributed by atoms with Crippen molar-refractivity contribution < 1.29 is 4.74 Å². The third-order valence-electron chi connectivity index (χ3n) is 4.69. The minimum Gasteiger partial charge on any atom is -0.381 e. The summed E-state index contributed by atoms with van der Waals surface area (Å²) in [7, 11) is 0. The zero-order valence-electron chi connectivity index (χ0n) is 13.3. The smallest absolute Gasteiger partial charge is 0.171 e. The summed E-state index contributed by atoms with van der Waals surface area (Å²) in [6.07, 6.45) is 4.60. The summed E-state index contributed by atoms with van der Waals surface area (Å²) in [5.41, 5.74) is 0.853. The Labute approximate surface area is 148 Å². The van der Waals surface area contributed by atoms with Crippen molar-refractivity contribution in [1.82, 2.24) is 10.2 Å². The predicted octanol–water partition coefficient (Wildman–Crippen LogP) is 3.27. The molecule has 2 fully saturated rings. The molecule has 23 heavy (non-hydrogen) atoms. The van der Waals surface area contributed by atoms with Gasteiger partial charge in [-0.1, -0.05) is 23.7 Å². The topological polar surface area (TPSA) is 36.5 Å². The summed E-state index contributed by atoms with van der Waals surface area (Å²) in [6, 6.07) is 8.80. The lowest BCUT2D eigenvalue weighted by atomic mass is 10.00. The number of nitrogens with one attached hydrogen (secondary N) is 2. The van der Waals surface area contributed by atoms with Gasteiger partial charge >= 0.3 is 0 Å². The van der Waals surface area contributed by atoms with Gasteiger partial charge in [0.2, 0.25) is 0 Å². The van der Waals surface area contributed by atoms with Crippen LogP contribution in [0.4, 0.5) is 5.69 Å². The van der Waals surface area contributed by atoms with E-state index in [1.807, 2.05) is 24.3 Å². The summed E-state index contributed by atoms with van der Waals surface area (Å²) in [6.45, 7) is 4.09. The minimum atomic E-state index is 0.438. The number of anilines is 1. The highest BCUT2D eigenvalue weighted by molar-refractivity contribution is 7.80. The van der Waals surface area contributed by atoms with Gasteiger partial charge in [-0.05, 0) is 50.0 Å². The number of piperidine rings is 1. The molecule has 1 aromatic rings. The van der Waals surface area contributed by atoms with Crippen molar-refractivity contribution in [2.24, 2.45) is 0 Å². The fourth-order valence-electron chi connectivity index (χ4n) is 3.37. The molecule has 0 aliphatic carbocycles. The van der Waals surface area contributed by atoms with Gasteiger partial charge in [-0.2, -0.15) is 0 Å². The van der Waals surface area contributed by atoms with E-state index in [4.69, 9.17) is 28.6 Å². The molecular weight excluding hydrogens is 330 g/mol. The molecular formula is C17H24ClN3OS. The lowest BCUT2D eigenvalue weighted by Gasteiger charge is -2.39. The van der Waals surface area contributed by atoms with E-state index in [0.29, 0.717) is 22.2 Å². The average molecular weight is 354 g/mol. The fraction of sp³-hybridized carbons (Fsp3) is 0.588. The number of benzene rings is 1. The van der Waals surface area contributed by atoms with E-state index in [0.717, 1.165) is 44.8 Å². The van der Waals surface area contributed by atoms with Gasteiger partial charge in [-0.15, -0.1) is 0 Å². The number of hydrogen-bond acceptors (Lipinski definition) is 3. The summed E-state index contributed by atoms with van der Waals surface area (Å²) >= 11 is 11.6. The molecule has 2 heterocycles. The quantitative estimate of drug-likeness (QED) is 0.816. The van der Waals surface area contributed by atoms with Gasteiger partial charge in [0, 0.05) is 38.4 Å². The Hall–Kier alpha value is -0.880. The number of rotatable bonds is 3. The molecule has 0 unspecified atom stereocenters. The van der Waals surface area contributed by atoms with Crippen LogP contribution in [0.2, 0.25) is 5.02 Å². The van der Waals surface area contributed by atoms with Crippen LogP contribution in [0.1, 0.15) is 25.7 Å². The summed E-state index contributed by atoms with van der Waals surface area (Å²) in [5, 5.41) is 7.96. The first-order valence-electron chi connectivity index (χ1n) is 8.36. The zero-order valence-corrected chi connectivity index (χ0v) is 14.8. The molecule has 6 heteroatoms. The van der Waals surface area contributed by atoms with Crippen LogP contribution in [0.15, 0.2) is 24.3 Å². The van der Waals surface area contributed by atoms with Crippen molar-refractivity contribution in [3.05, 3.63) is 29.3 Å². The third kappa shape index (κ3) is 4.80. The Morgan fingerprint density at radius 1 is 1.13 bits per heavy atom. The second-order valence-electron chi connectivity index (χ2n) is 6.23. The maximum absolute atomic E-state index is 6.15. The molecule has 2 N–H and O–H groups in total. The van der Waals surface area contributed by atoms with E-state index in [1.54, 1.807) is 0 Å². The van der Waals surface area contributed by atoms with Gasteiger partial charge in [0.05, 0.1) is 10.7 Å². The monoisotopic (exact) mass is 353 g/mol. The number of para-hydroxylation sites is 1. The molecule has 126 valence electrons. The largest absolute Gasteiger partial charge is 0.381 e. The zero-order chi connectivity index (χ0) is 16.1. The standard InChI is InChI=1S/C17H24ClN3OS/c18-15-3-1-2-4-16(15)20-17(23)19-13-5-9-21(10-6-13)14-7-11-22-12-8-14/h1-4,13-14H,5-12H2,(H2,19,20,23). The molecule has 4 nitrogen and oxygen atoms in total. The number of thiocarbonyl (C=S) groups is 1. The van der Waals surface area contributed by atoms with Crippen molar-refractivity contribution in [2.75, 3.05) is 31.6 Å². The van der Waals surface area contributed by atoms with Gasteiger partial charge in [-0.25, -0.2) is 0 Å². The molecule has 1 aromatic carbocycles. The number of hydrogen-bond donors (Lipinski definition) is 2. The molecule has 3 rings (SSSR count). The molecule has 0 saturated carbocycles. The van der Waals surface area contributed by atoms with Crippen molar-refractivity contribution in [2.45, 2.75) is 37.8 Å². The molecule has 2 aliphatic rings. The van der Waals surface area contributed by atoms with Gasteiger partial charge in [-0.3, -0.25) is 0 Å². The summed E-state index contributed by atoms with van der Waals surface area (Å²) in [5.74, 6) is 0. The van der Waals surface area contributed by atoms with E-state index in [1.165, 1.54) is 12.8 Å². The van der Waals surface area contributed by atoms with Gasteiger partial charge < -0.3 is 20.3 Å². The third-order valence-corrected chi connectivity index (χ3v) is 5.24. The molecule has 2 saturated heterocycles. The Bertz CT molecular complexity index is 528. The SMILES string of the molecule is S=C(Nc1ccccc1Cl)NC1CCN(C2CCOCC2)CC1. The molecule has 2 aliphatic heterocycles. The number of likely N-dealkylation sites (tertiary alicyclic amines) is 1. The van der Waals surface area contributed by atoms with Crippen LogP contribution in [-0.2, 0) is 4.74 Å². The molecule has 0 bridgehead atoms. The normalized spacial score (nSPS) is 21.1. The van der Waals surface area contributed by atoms with E-state index >= 15 is 0 Å². The second-order valence-corrected chi connectivity index (χ2v) is 7.05. The maximum Gasteiger partial charge on any atom is 0.171 e. The maximum atomic E-state index is 6.15. The van der Waals surface area contributed by atoms with E-state index in [9.17, 15) is 0 Å². The number of ether oxygens (including phenoxy) is 1. The van der Waals surface area contributed by atoms with E-state index < -0.39 is 0 Å². The number of halogens is 1. The Balaban J connectivity index is 1.43. The first-order chi connectivity index (χ1) is 11.2. The lowest BCUT2D eigenvalue weighted by Crippen LogP contribution is -2.49. The molecule has 0 amide bonds. The highest BCUT2D eigenvalue weighted by atomic mass is 35.5. The van der Waals surface area contributed by atoms with Crippen molar-refractivity contribution >= 4 is 34.6 Å². The predicted molar refractivity (Wildman–Crippen MR) is 99.2 cm³/mol. The molecule has 0 spiro atoms. The Morgan fingerprint density at radius 2 is 1.83 bits per heavy atom. The van der Waals surface area contributed by atoms with Crippen LogP contribution in [0.3, 0.4) is 0 Å². The van der Waals surface area contributed by atoms with Gasteiger partial charge in [0.1, 0.15) is 0 Å². The fourth-order valence-corrected chi connectivity index (χ4v) is 3.83.